The fourth-order valence-corrected chi connectivity index (χ4v) is 1.34. The molecule has 0 aliphatic carbocycles. The number of rotatable bonds is 5. The lowest BCUT2D eigenvalue weighted by molar-refractivity contribution is -0.140. The maximum Gasteiger partial charge on any atom is 0.302 e. The van der Waals surface area contributed by atoms with E-state index in [1.54, 1.807) is 0 Å². The fourth-order valence-electron chi connectivity index (χ4n) is 0.717. The minimum absolute atomic E-state index is 0.178. The molecule has 0 aliphatic rings. The van der Waals surface area contributed by atoms with Crippen molar-refractivity contribution in [2.45, 2.75) is 37.0 Å². The van der Waals surface area contributed by atoms with Crippen LogP contribution in [0.15, 0.2) is 0 Å². The fraction of sp³-hybridized carbons (Fsp3) is 0.875. The van der Waals surface area contributed by atoms with E-state index in [-0.39, 0.29) is 5.97 Å². The molecule has 3 heteroatoms. The Labute approximate surface area is 81.8 Å². The van der Waals surface area contributed by atoms with Gasteiger partial charge in [-0.1, -0.05) is 42.4 Å². The molecule has 0 aromatic rings. The second-order valence-corrected chi connectivity index (χ2v) is 4.30. The lowest BCUT2D eigenvalue weighted by Gasteiger charge is -2.07. The molecule has 0 fully saturated rings. The number of alkyl halides is 1. The lowest BCUT2D eigenvalue weighted by Crippen LogP contribution is -2.11. The predicted octanol–water partition coefficient (Wildman–Crippen LogP) is 2.54. The van der Waals surface area contributed by atoms with E-state index in [1.807, 2.05) is 0 Å². The molecule has 2 nitrogen and oxygen atoms in total. The van der Waals surface area contributed by atoms with Crippen molar-refractivity contribution in [1.82, 2.24) is 0 Å². The van der Waals surface area contributed by atoms with Gasteiger partial charge >= 0.3 is 5.97 Å². The van der Waals surface area contributed by atoms with E-state index in [2.05, 4.69) is 29.5 Å². The summed E-state index contributed by atoms with van der Waals surface area (Å²) >= 11 is 2.32. The van der Waals surface area contributed by atoms with Gasteiger partial charge in [-0.3, -0.25) is 4.79 Å². The van der Waals surface area contributed by atoms with Crippen LogP contribution in [0.4, 0.5) is 0 Å². The smallest absolute Gasteiger partial charge is 0.302 e. The third-order valence-electron chi connectivity index (χ3n) is 1.34. The molecule has 0 saturated carbocycles. The molecule has 0 heterocycles. The van der Waals surface area contributed by atoms with E-state index in [0.29, 0.717) is 10.5 Å². The van der Waals surface area contributed by atoms with Crippen molar-refractivity contribution in [3.8, 4) is 0 Å². The highest BCUT2D eigenvalue weighted by Gasteiger charge is 2.04. The van der Waals surface area contributed by atoms with Crippen LogP contribution in [0, 0.1) is 0 Å². The topological polar surface area (TPSA) is 26.3 Å². The Morgan fingerprint density at radius 1 is 1.64 bits per heavy atom. The summed E-state index contributed by atoms with van der Waals surface area (Å²) in [5.41, 5.74) is 0. The molecule has 0 aliphatic heterocycles. The number of esters is 1. The van der Waals surface area contributed by atoms with Crippen LogP contribution in [0.5, 0.6) is 0 Å². The molecule has 0 saturated heterocycles. The number of halogens is 1. The van der Waals surface area contributed by atoms with Crippen LogP contribution in [0.25, 0.3) is 0 Å². The van der Waals surface area contributed by atoms with Gasteiger partial charge in [-0.05, 0) is 6.42 Å². The zero-order valence-electron chi connectivity index (χ0n) is 7.10. The van der Waals surface area contributed by atoms with Gasteiger partial charge in [0.1, 0.15) is 6.61 Å². The Hall–Kier alpha value is 0.200. The standard InChI is InChI=1S/C8H15IO2/c1-3-4-5-8(9)6-11-7(2)10/h8H,3-6H2,1-2H3. The van der Waals surface area contributed by atoms with Gasteiger partial charge in [0.25, 0.3) is 0 Å². The molecule has 0 aromatic heterocycles. The van der Waals surface area contributed by atoms with Crippen molar-refractivity contribution in [1.29, 1.82) is 0 Å². The number of carbonyl (C=O) groups excluding carboxylic acids is 1. The van der Waals surface area contributed by atoms with Crippen molar-refractivity contribution < 1.29 is 9.53 Å². The first-order chi connectivity index (χ1) is 5.16. The highest BCUT2D eigenvalue weighted by molar-refractivity contribution is 14.1. The minimum Gasteiger partial charge on any atom is -0.465 e. The SMILES string of the molecule is CCCCC(I)COC(C)=O. The molecule has 66 valence electrons. The molecule has 1 atom stereocenters. The van der Waals surface area contributed by atoms with Crippen LogP contribution in [-0.4, -0.2) is 16.5 Å². The molecular formula is C8H15IO2. The summed E-state index contributed by atoms with van der Waals surface area (Å²) in [6.07, 6.45) is 3.57. The third-order valence-corrected chi connectivity index (χ3v) is 2.32. The van der Waals surface area contributed by atoms with Crippen molar-refractivity contribution in [3.63, 3.8) is 0 Å². The molecule has 1 unspecified atom stereocenters. The lowest BCUT2D eigenvalue weighted by atomic mass is 10.2. The van der Waals surface area contributed by atoms with Gasteiger partial charge in [-0.15, -0.1) is 0 Å². The molecule has 0 aromatic carbocycles. The molecule has 11 heavy (non-hydrogen) atoms. The average molecular weight is 270 g/mol. The van der Waals surface area contributed by atoms with Crippen LogP contribution in [0.3, 0.4) is 0 Å². The van der Waals surface area contributed by atoms with Crippen LogP contribution in [0.2, 0.25) is 0 Å². The summed E-state index contributed by atoms with van der Waals surface area (Å²) in [6, 6.07) is 0. The van der Waals surface area contributed by atoms with E-state index >= 15 is 0 Å². The first-order valence-corrected chi connectivity index (χ1v) is 5.18. The first-order valence-electron chi connectivity index (χ1n) is 3.94. The van der Waals surface area contributed by atoms with Gasteiger partial charge in [-0.2, -0.15) is 0 Å². The number of unbranched alkanes of at least 4 members (excludes halogenated alkanes) is 1. The zero-order valence-corrected chi connectivity index (χ0v) is 9.26. The normalized spacial score (nSPS) is 12.6. The minimum atomic E-state index is -0.178. The number of hydrogen-bond acceptors (Lipinski definition) is 2. The van der Waals surface area contributed by atoms with E-state index in [4.69, 9.17) is 4.74 Å². The number of ether oxygens (including phenoxy) is 1. The highest BCUT2D eigenvalue weighted by Crippen LogP contribution is 2.10. The molecule has 0 N–H and O–H groups in total. The Kier molecular flexibility index (Phi) is 7.01. The molecule has 0 radical (unpaired) electrons. The maximum atomic E-state index is 10.4. The zero-order chi connectivity index (χ0) is 8.69. The Bertz CT molecular complexity index is 115. The molecule has 0 rings (SSSR count). The van der Waals surface area contributed by atoms with Crippen molar-refractivity contribution in [2.24, 2.45) is 0 Å². The van der Waals surface area contributed by atoms with Crippen LogP contribution >= 0.6 is 22.6 Å². The predicted molar refractivity (Wildman–Crippen MR) is 54.0 cm³/mol. The van der Waals surface area contributed by atoms with Gasteiger partial charge in [0, 0.05) is 10.8 Å². The van der Waals surface area contributed by atoms with Gasteiger partial charge in [-0.25, -0.2) is 0 Å². The average Bonchev–Trinajstić information content (AvgIpc) is 1.97. The second kappa shape index (κ2) is 6.88. The summed E-state index contributed by atoms with van der Waals surface area (Å²) < 4.78 is 5.34. The molecule has 0 bridgehead atoms. The van der Waals surface area contributed by atoms with E-state index < -0.39 is 0 Å². The Balaban J connectivity index is 3.22. The number of carbonyl (C=O) groups is 1. The molecule has 0 amide bonds. The van der Waals surface area contributed by atoms with Crippen molar-refractivity contribution >= 4 is 28.6 Å². The van der Waals surface area contributed by atoms with Crippen LogP contribution in [0.1, 0.15) is 33.1 Å². The van der Waals surface area contributed by atoms with E-state index in [1.165, 1.54) is 19.8 Å². The van der Waals surface area contributed by atoms with Gasteiger partial charge in [0.05, 0.1) is 0 Å². The summed E-state index contributed by atoms with van der Waals surface area (Å²) in [5.74, 6) is -0.178. The van der Waals surface area contributed by atoms with E-state index in [0.717, 1.165) is 6.42 Å². The second-order valence-electron chi connectivity index (χ2n) is 2.54. The first kappa shape index (κ1) is 11.2. The monoisotopic (exact) mass is 270 g/mol. The van der Waals surface area contributed by atoms with Crippen LogP contribution in [-0.2, 0) is 9.53 Å². The van der Waals surface area contributed by atoms with Crippen molar-refractivity contribution in [2.75, 3.05) is 6.61 Å². The summed E-state index contributed by atoms with van der Waals surface area (Å²) in [6.45, 7) is 4.17. The summed E-state index contributed by atoms with van der Waals surface area (Å²) in [5, 5.41) is 0. The molecular weight excluding hydrogens is 255 g/mol. The maximum absolute atomic E-state index is 10.4. The number of hydrogen-bond donors (Lipinski definition) is 0. The van der Waals surface area contributed by atoms with Crippen molar-refractivity contribution in [3.05, 3.63) is 0 Å². The van der Waals surface area contributed by atoms with E-state index in [9.17, 15) is 4.79 Å². The Morgan fingerprint density at radius 2 is 2.27 bits per heavy atom. The quantitative estimate of drug-likeness (QED) is 0.436. The highest BCUT2D eigenvalue weighted by atomic mass is 127. The van der Waals surface area contributed by atoms with Crippen LogP contribution < -0.4 is 0 Å². The van der Waals surface area contributed by atoms with Gasteiger partial charge in [0.2, 0.25) is 0 Å². The Morgan fingerprint density at radius 3 is 2.73 bits per heavy atom. The third kappa shape index (κ3) is 8.10. The van der Waals surface area contributed by atoms with Gasteiger partial charge < -0.3 is 4.74 Å². The summed E-state index contributed by atoms with van der Waals surface area (Å²) in [7, 11) is 0. The molecule has 0 spiro atoms. The van der Waals surface area contributed by atoms with Gasteiger partial charge in [0.15, 0.2) is 0 Å². The summed E-state index contributed by atoms with van der Waals surface area (Å²) in [4.78, 5) is 10.4. The largest absolute Gasteiger partial charge is 0.465 e.